The molecule has 0 amide bonds. The van der Waals surface area contributed by atoms with Crippen LogP contribution in [-0.4, -0.2) is 30.9 Å². The summed E-state index contributed by atoms with van der Waals surface area (Å²) in [7, 11) is -2.88. The molecule has 28 rings (SSSR count). The van der Waals surface area contributed by atoms with Crippen LogP contribution >= 0.6 is 0 Å². The molecule has 0 N–H and O–H groups in total. The number of nitrogens with zero attached hydrogens (tertiary/aromatic N) is 9. The SMILES string of the molecule is c1ccc(N2c3ccccc3N(c3ccc([Si](c4ccccc4)(c4ccccc4)c4ccccc4)cc3)c3ccccc3-n3c4ccc(-c5ccc6c7ccccc7n(-c7ccc(N8c9ccccc9N(c9ccc(-n%10c%11ccccc%11c%11ccccc%11%10)cc9)c9ccccc9-n9c%10ccc(-n%11c%12ccccc%12c%12ccccc%12%11)cc%10c%10cccc8c%109)cc7)c6c5)cc4c4cccc2c43)cc1. The van der Waals surface area contributed by atoms with Gasteiger partial charge in [0.05, 0.1) is 112 Å². The molecule has 0 aliphatic carbocycles. The summed E-state index contributed by atoms with van der Waals surface area (Å²) in [5.41, 5.74) is 31.5. The van der Waals surface area contributed by atoms with Gasteiger partial charge in [-0.3, -0.25) is 0 Å². The van der Waals surface area contributed by atoms with Crippen molar-refractivity contribution in [3.05, 3.63) is 504 Å². The van der Waals surface area contributed by atoms with Crippen LogP contribution in [0.15, 0.2) is 504 Å². The van der Waals surface area contributed by atoms with Gasteiger partial charge >= 0.3 is 0 Å². The van der Waals surface area contributed by atoms with Crippen LogP contribution in [0, 0.1) is 0 Å². The molecule has 0 atom stereocenters. The highest BCUT2D eigenvalue weighted by Crippen LogP contribution is 2.56. The van der Waals surface area contributed by atoms with E-state index in [9.17, 15) is 0 Å². The fourth-order valence-corrected chi connectivity index (χ4v) is 27.8. The van der Waals surface area contributed by atoms with E-state index in [1.807, 2.05) is 0 Å². The van der Waals surface area contributed by atoms with Crippen molar-refractivity contribution in [2.45, 2.75) is 0 Å². The van der Waals surface area contributed by atoms with Crippen molar-refractivity contribution in [1.82, 2.24) is 22.8 Å². The topological polar surface area (TPSA) is 37.6 Å². The predicted molar refractivity (Wildman–Crippen MR) is 573 cm³/mol. The Bertz CT molecular complexity index is 9110. The number of benzene rings is 21. The van der Waals surface area contributed by atoms with E-state index >= 15 is 0 Å². The average molecular weight is 1750 g/mol. The Hall–Kier alpha value is -18.0. The quantitative estimate of drug-likeness (QED) is 0.0902. The van der Waals surface area contributed by atoms with E-state index in [4.69, 9.17) is 0 Å². The monoisotopic (exact) mass is 1750 g/mol. The maximum absolute atomic E-state index is 2.88. The van der Waals surface area contributed by atoms with E-state index in [1.165, 1.54) is 75.1 Å². The first-order valence-electron chi connectivity index (χ1n) is 46.8. The minimum Gasteiger partial charge on any atom is -0.309 e. The molecule has 21 aromatic carbocycles. The van der Waals surface area contributed by atoms with Crippen LogP contribution in [0.1, 0.15) is 0 Å². The molecule has 9 nitrogen and oxygen atoms in total. The maximum Gasteiger partial charge on any atom is 0.179 e. The molecule has 0 unspecified atom stereocenters. The lowest BCUT2D eigenvalue weighted by Crippen LogP contribution is -2.74. The second kappa shape index (κ2) is 30.6. The molecule has 0 fully saturated rings. The Balaban J connectivity index is 0.604. The Kier molecular flexibility index (Phi) is 17.3. The third-order valence-corrected chi connectivity index (χ3v) is 33.6. The summed E-state index contributed by atoms with van der Waals surface area (Å²) >= 11 is 0. The van der Waals surface area contributed by atoms with Gasteiger partial charge in [0.15, 0.2) is 8.07 Å². The third-order valence-electron chi connectivity index (χ3n) is 28.8. The molecule has 5 aromatic heterocycles. The van der Waals surface area contributed by atoms with Crippen molar-refractivity contribution < 1.29 is 0 Å². The molecule has 26 aromatic rings. The van der Waals surface area contributed by atoms with E-state index in [0.717, 1.165) is 162 Å². The van der Waals surface area contributed by atoms with Crippen molar-refractivity contribution in [3.63, 3.8) is 0 Å². The zero-order chi connectivity index (χ0) is 89.2. The summed E-state index contributed by atoms with van der Waals surface area (Å²) in [6.45, 7) is 0. The summed E-state index contributed by atoms with van der Waals surface area (Å²) in [6.07, 6.45) is 0. The Morgan fingerprint density at radius 1 is 0.125 bits per heavy atom. The summed E-state index contributed by atoms with van der Waals surface area (Å²) in [6, 6.07) is 188. The van der Waals surface area contributed by atoms with E-state index < -0.39 is 8.07 Å². The van der Waals surface area contributed by atoms with Gasteiger partial charge in [-0.15, -0.1) is 0 Å². The van der Waals surface area contributed by atoms with Crippen LogP contribution in [-0.2, 0) is 0 Å². The first kappa shape index (κ1) is 76.9. The average Bonchev–Trinajstić information content (AvgIpc) is 1.64. The van der Waals surface area contributed by atoms with Gasteiger partial charge in [-0.25, -0.2) is 0 Å². The number of rotatable bonds is 12. The molecule has 136 heavy (non-hydrogen) atoms. The van der Waals surface area contributed by atoms with Crippen LogP contribution in [0.25, 0.3) is 149 Å². The molecule has 7 heterocycles. The number of hydrogen-bond acceptors (Lipinski definition) is 4. The maximum atomic E-state index is 2.55. The molecule has 2 aliphatic heterocycles. The molecule has 2 aliphatic rings. The second-order valence-corrected chi connectivity index (χ2v) is 39.6. The molecule has 636 valence electrons. The number of para-hydroxylation sites is 16. The molecule has 10 heteroatoms. The molecular formula is C126H83N9Si. The number of aromatic nitrogens is 5. The molecule has 0 bridgehead atoms. The van der Waals surface area contributed by atoms with Crippen molar-refractivity contribution in [3.8, 4) is 39.6 Å². The summed E-state index contributed by atoms with van der Waals surface area (Å²) < 4.78 is 12.4. The van der Waals surface area contributed by atoms with Crippen LogP contribution in [0.4, 0.5) is 68.2 Å². The van der Waals surface area contributed by atoms with Gasteiger partial charge in [-0.05, 0) is 232 Å². The fraction of sp³-hybridized carbons (Fsp3) is 0. The van der Waals surface area contributed by atoms with Crippen molar-refractivity contribution in [1.29, 1.82) is 0 Å². The number of fused-ring (bicyclic) bond motifs is 21. The third kappa shape index (κ3) is 11.5. The standard InChI is InChI=1S/C126H83N9Si/c1-5-33-86(34-6-1)131-116-55-25-23-53-114(116)130(91-73-76-96(77-74-91)136(93-35-7-2-8-36-93,94-37-9-3-10-38-94)95-39-11-4-12-40-95)119-58-28-29-59-120(119)134-112-79-64-84(81-105(112)103-46-31-61-122(131)125(103)134)85-63-78-102-101-45-17-20-50-109(101)128(124(102)82-85)88-67-71-90(72-68-88)132-117-56-26-24-54-115(117)129(89-69-65-87(66-70-89)127-107-48-18-13-41-97(107)98-42-14-19-49-108(98)127)118-57-27-30-60-121(118)135-113-80-75-92(83-106(113)104-47-32-62-123(132)126(104)135)133-110-51-21-15-43-99(110)100-44-16-22-52-111(100)133/h1-83H. The fourth-order valence-electron chi connectivity index (χ4n) is 23.1. The van der Waals surface area contributed by atoms with Gasteiger partial charge in [0.25, 0.3) is 0 Å². The van der Waals surface area contributed by atoms with E-state index in [1.54, 1.807) is 0 Å². The highest BCUT2D eigenvalue weighted by atomic mass is 28.3. The number of anilines is 12. The van der Waals surface area contributed by atoms with Crippen LogP contribution < -0.4 is 40.3 Å². The Morgan fingerprint density at radius 3 is 0.787 bits per heavy atom. The van der Waals surface area contributed by atoms with Gasteiger partial charge in [-0.1, -0.05) is 303 Å². The van der Waals surface area contributed by atoms with Crippen molar-refractivity contribution in [2.24, 2.45) is 0 Å². The normalized spacial score (nSPS) is 12.6. The Morgan fingerprint density at radius 2 is 0.375 bits per heavy atom. The minimum atomic E-state index is -2.88. The van der Waals surface area contributed by atoms with E-state index in [0.29, 0.717) is 0 Å². The lowest BCUT2D eigenvalue weighted by atomic mass is 10.0. The van der Waals surface area contributed by atoms with Gasteiger partial charge < -0.3 is 42.4 Å². The smallest absolute Gasteiger partial charge is 0.179 e. The summed E-state index contributed by atoms with van der Waals surface area (Å²) in [5, 5.41) is 17.2. The zero-order valence-corrected chi connectivity index (χ0v) is 74.9. The zero-order valence-electron chi connectivity index (χ0n) is 73.9. The minimum absolute atomic E-state index is 1.01. The van der Waals surface area contributed by atoms with Gasteiger partial charge in [0, 0.05) is 93.7 Å². The first-order valence-corrected chi connectivity index (χ1v) is 48.8. The van der Waals surface area contributed by atoms with E-state index in [2.05, 4.69) is 546 Å². The van der Waals surface area contributed by atoms with Crippen LogP contribution in [0.3, 0.4) is 0 Å². The molecule has 0 radical (unpaired) electrons. The lowest BCUT2D eigenvalue weighted by molar-refractivity contribution is 1.14. The van der Waals surface area contributed by atoms with Crippen molar-refractivity contribution in [2.75, 3.05) is 19.6 Å². The molecular weight excluding hydrogens is 1670 g/mol. The Labute approximate surface area is 786 Å². The largest absolute Gasteiger partial charge is 0.309 e. The molecule has 0 spiro atoms. The van der Waals surface area contributed by atoms with E-state index in [-0.39, 0.29) is 0 Å². The number of hydrogen-bond donors (Lipinski definition) is 0. The highest BCUT2D eigenvalue weighted by Gasteiger charge is 2.42. The lowest BCUT2D eigenvalue weighted by Gasteiger charge is -2.35. The molecule has 0 saturated carbocycles. The predicted octanol–water partition coefficient (Wildman–Crippen LogP) is 30.7. The summed E-state index contributed by atoms with van der Waals surface area (Å²) in [5.74, 6) is 0. The van der Waals surface area contributed by atoms with Crippen molar-refractivity contribution >= 4 is 206 Å². The van der Waals surface area contributed by atoms with Gasteiger partial charge in [-0.2, -0.15) is 0 Å². The van der Waals surface area contributed by atoms with Gasteiger partial charge in [0.2, 0.25) is 0 Å². The first-order chi connectivity index (χ1) is 67.5. The van der Waals surface area contributed by atoms with Crippen LogP contribution in [0.5, 0.6) is 0 Å². The van der Waals surface area contributed by atoms with Gasteiger partial charge in [0.1, 0.15) is 0 Å². The summed E-state index contributed by atoms with van der Waals surface area (Å²) in [4.78, 5) is 9.99. The van der Waals surface area contributed by atoms with Crippen LogP contribution in [0.2, 0.25) is 0 Å². The second-order valence-electron chi connectivity index (χ2n) is 35.8. The highest BCUT2D eigenvalue weighted by molar-refractivity contribution is 7.20. The molecule has 0 saturated heterocycles.